The fourth-order valence-corrected chi connectivity index (χ4v) is 1.43. The number of rotatable bonds is 0. The van der Waals surface area contributed by atoms with Gasteiger partial charge in [-0.15, -0.1) is 0 Å². The highest BCUT2D eigenvalue weighted by Crippen LogP contribution is 2.34. The summed E-state index contributed by atoms with van der Waals surface area (Å²) in [7, 11) is 0. The summed E-state index contributed by atoms with van der Waals surface area (Å²) in [4.78, 5) is 12.4. The van der Waals surface area contributed by atoms with Crippen molar-refractivity contribution in [1.82, 2.24) is 4.90 Å². The molecule has 0 bridgehead atoms. The number of piperidine rings is 1. The quantitative estimate of drug-likeness (QED) is 0.570. The zero-order valence-electron chi connectivity index (χ0n) is 12.8. The standard InChI is InChI=1S/C11H21NO/c1-9(13)12-7-5-10(6-8-12)11(2,3)4/h10H,5-8H2,1-4H3/i5D2,7D2. The molecule has 1 fully saturated rings. The molecule has 13 heavy (non-hydrogen) atoms. The van der Waals surface area contributed by atoms with Crippen LogP contribution in [-0.2, 0) is 4.79 Å². The zero-order chi connectivity index (χ0) is 13.6. The van der Waals surface area contributed by atoms with Gasteiger partial charge in [0.15, 0.2) is 0 Å². The lowest BCUT2D eigenvalue weighted by Crippen LogP contribution is -2.40. The second-order valence-corrected chi connectivity index (χ2v) is 4.63. The van der Waals surface area contributed by atoms with Crippen molar-refractivity contribution in [3.63, 3.8) is 0 Å². The first kappa shape index (κ1) is 6.05. The van der Waals surface area contributed by atoms with Crippen LogP contribution in [0.25, 0.3) is 0 Å². The topological polar surface area (TPSA) is 20.3 Å². The molecule has 1 amide bonds. The van der Waals surface area contributed by atoms with E-state index in [9.17, 15) is 4.79 Å². The Kier molecular flexibility index (Phi) is 1.71. The van der Waals surface area contributed by atoms with Crippen LogP contribution in [0, 0.1) is 11.3 Å². The van der Waals surface area contributed by atoms with Gasteiger partial charge in [0, 0.05) is 25.4 Å². The van der Waals surface area contributed by atoms with Crippen molar-refractivity contribution in [2.24, 2.45) is 11.3 Å². The van der Waals surface area contributed by atoms with Gasteiger partial charge in [0.1, 0.15) is 0 Å². The molecule has 2 heteroatoms. The summed E-state index contributed by atoms with van der Waals surface area (Å²) in [6, 6.07) is 0. The Labute approximate surface area is 86.9 Å². The van der Waals surface area contributed by atoms with Crippen molar-refractivity contribution in [2.45, 2.75) is 40.5 Å². The predicted molar refractivity (Wildman–Crippen MR) is 54.4 cm³/mol. The molecule has 1 unspecified atom stereocenters. The SMILES string of the molecule is [2H]C1([2H])C(C(C)(C)C)CCN(C(C)=O)C1([2H])[2H]. The lowest BCUT2D eigenvalue weighted by atomic mass is 9.75. The van der Waals surface area contributed by atoms with Crippen LogP contribution in [-0.4, -0.2) is 23.8 Å². The minimum atomic E-state index is -2.24. The lowest BCUT2D eigenvalue weighted by Gasteiger charge is -2.38. The first-order chi connectivity index (χ1) is 7.42. The number of carbonyl (C=O) groups is 1. The van der Waals surface area contributed by atoms with Crippen molar-refractivity contribution in [3.8, 4) is 0 Å². The van der Waals surface area contributed by atoms with Gasteiger partial charge in [0.2, 0.25) is 5.91 Å². The van der Waals surface area contributed by atoms with Crippen LogP contribution in [0.5, 0.6) is 0 Å². The number of carbonyl (C=O) groups excluding carboxylic acids is 1. The van der Waals surface area contributed by atoms with Crippen LogP contribution in [0.1, 0.15) is 46.0 Å². The van der Waals surface area contributed by atoms with Crippen LogP contribution in [0.15, 0.2) is 0 Å². The van der Waals surface area contributed by atoms with Crippen LogP contribution >= 0.6 is 0 Å². The Hall–Kier alpha value is -0.530. The molecule has 0 N–H and O–H groups in total. The molecule has 0 saturated carbocycles. The van der Waals surface area contributed by atoms with Crippen molar-refractivity contribution >= 4 is 5.91 Å². The summed E-state index contributed by atoms with van der Waals surface area (Å²) in [6.07, 6.45) is -1.54. The predicted octanol–water partition coefficient (Wildman–Crippen LogP) is 2.29. The van der Waals surface area contributed by atoms with Gasteiger partial charge < -0.3 is 4.90 Å². The lowest BCUT2D eigenvalue weighted by molar-refractivity contribution is -0.130. The van der Waals surface area contributed by atoms with Crippen molar-refractivity contribution in [3.05, 3.63) is 0 Å². The molecule has 0 spiro atoms. The smallest absolute Gasteiger partial charge is 0.219 e. The van der Waals surface area contributed by atoms with Gasteiger partial charge in [0.25, 0.3) is 0 Å². The molecule has 0 aromatic heterocycles. The van der Waals surface area contributed by atoms with Crippen molar-refractivity contribution < 1.29 is 10.3 Å². The molecule has 0 aliphatic carbocycles. The summed E-state index contributed by atoms with van der Waals surface area (Å²) in [5.41, 5.74) is -0.320. The molecule has 1 rings (SSSR count). The molecule has 0 aromatic rings. The largest absolute Gasteiger partial charge is 0.343 e. The highest BCUT2D eigenvalue weighted by Gasteiger charge is 2.29. The maximum atomic E-state index is 11.4. The maximum Gasteiger partial charge on any atom is 0.219 e. The van der Waals surface area contributed by atoms with E-state index in [4.69, 9.17) is 5.48 Å². The Morgan fingerprint density at radius 3 is 2.62 bits per heavy atom. The van der Waals surface area contributed by atoms with Crippen LogP contribution in [0.3, 0.4) is 0 Å². The van der Waals surface area contributed by atoms with Gasteiger partial charge in [-0.2, -0.15) is 0 Å². The summed E-state index contributed by atoms with van der Waals surface area (Å²) >= 11 is 0. The van der Waals surface area contributed by atoms with Gasteiger partial charge in [-0.05, 0) is 24.1 Å². The van der Waals surface area contributed by atoms with E-state index in [0.717, 1.165) is 4.90 Å². The minimum absolute atomic E-state index is 0.282. The highest BCUT2D eigenvalue weighted by molar-refractivity contribution is 5.73. The molecular weight excluding hydrogens is 162 g/mol. The zero-order valence-corrected chi connectivity index (χ0v) is 8.85. The Balaban J connectivity index is 3.15. The summed E-state index contributed by atoms with van der Waals surface area (Å²) in [6.45, 7) is 5.06. The second-order valence-electron chi connectivity index (χ2n) is 4.63. The minimum Gasteiger partial charge on any atom is -0.343 e. The van der Waals surface area contributed by atoms with E-state index >= 15 is 0 Å². The monoisotopic (exact) mass is 187 g/mol. The summed E-state index contributed by atoms with van der Waals surface area (Å²) in [5.74, 6) is -0.813. The number of amides is 1. The first-order valence-electron chi connectivity index (χ1n) is 6.70. The van der Waals surface area contributed by atoms with Gasteiger partial charge in [-0.25, -0.2) is 0 Å². The molecular formula is C11H21NO. The molecule has 76 valence electrons. The summed E-state index contributed by atoms with van der Waals surface area (Å²) < 4.78 is 32.0. The maximum absolute atomic E-state index is 11.4. The highest BCUT2D eigenvalue weighted by atomic mass is 16.2. The van der Waals surface area contributed by atoms with Gasteiger partial charge in [-0.3, -0.25) is 4.79 Å². The average Bonchev–Trinajstić information content (AvgIpc) is 2.06. The van der Waals surface area contributed by atoms with E-state index in [2.05, 4.69) is 0 Å². The molecule has 1 aliphatic heterocycles. The van der Waals surface area contributed by atoms with Crippen molar-refractivity contribution in [2.75, 3.05) is 13.0 Å². The third-order valence-corrected chi connectivity index (χ3v) is 2.44. The number of nitrogens with zero attached hydrogens (tertiary/aromatic N) is 1. The van der Waals surface area contributed by atoms with E-state index in [1.807, 2.05) is 20.8 Å². The van der Waals surface area contributed by atoms with Crippen LogP contribution in [0.4, 0.5) is 0 Å². The molecule has 1 atom stereocenters. The normalized spacial score (nSPS) is 36.9. The number of likely N-dealkylation sites (tertiary alicyclic amines) is 1. The Bertz CT molecular complexity index is 322. The van der Waals surface area contributed by atoms with Crippen LogP contribution < -0.4 is 0 Å². The van der Waals surface area contributed by atoms with Crippen LogP contribution in [0.2, 0.25) is 0 Å². The molecule has 2 nitrogen and oxygen atoms in total. The fraction of sp³-hybridized carbons (Fsp3) is 0.909. The van der Waals surface area contributed by atoms with E-state index in [1.54, 1.807) is 0 Å². The van der Waals surface area contributed by atoms with Gasteiger partial charge >= 0.3 is 0 Å². The van der Waals surface area contributed by atoms with Crippen molar-refractivity contribution in [1.29, 1.82) is 0 Å². The molecule has 0 radical (unpaired) electrons. The average molecular weight is 187 g/mol. The molecule has 1 saturated heterocycles. The van der Waals surface area contributed by atoms with E-state index in [-0.39, 0.29) is 12.0 Å². The fourth-order valence-electron chi connectivity index (χ4n) is 1.43. The van der Waals surface area contributed by atoms with E-state index in [0.29, 0.717) is 6.42 Å². The summed E-state index contributed by atoms with van der Waals surface area (Å²) in [5, 5.41) is 0. The third kappa shape index (κ3) is 2.71. The third-order valence-electron chi connectivity index (χ3n) is 2.44. The Morgan fingerprint density at radius 1 is 1.54 bits per heavy atom. The first-order valence-corrected chi connectivity index (χ1v) is 4.70. The molecule has 0 aromatic carbocycles. The Morgan fingerprint density at radius 2 is 2.15 bits per heavy atom. The number of hydrogen-bond acceptors (Lipinski definition) is 1. The number of hydrogen-bond donors (Lipinski definition) is 0. The molecule has 1 heterocycles. The second kappa shape index (κ2) is 3.69. The molecule has 1 aliphatic rings. The van der Waals surface area contributed by atoms with Gasteiger partial charge in [0.05, 0.1) is 0 Å². The van der Waals surface area contributed by atoms with E-state index in [1.165, 1.54) is 6.92 Å². The van der Waals surface area contributed by atoms with E-state index < -0.39 is 24.7 Å². The van der Waals surface area contributed by atoms with Gasteiger partial charge in [-0.1, -0.05) is 20.8 Å².